The van der Waals surface area contributed by atoms with E-state index in [4.69, 9.17) is 9.29 Å². The molecule has 102 valence electrons. The first kappa shape index (κ1) is 18.3. The predicted molar refractivity (Wildman–Crippen MR) is 65.4 cm³/mol. The van der Waals surface area contributed by atoms with E-state index in [-0.39, 0.29) is 61.2 Å². The van der Waals surface area contributed by atoms with E-state index in [1.165, 1.54) is 18.2 Å². The minimum absolute atomic E-state index is 0. The summed E-state index contributed by atoms with van der Waals surface area (Å²) in [4.78, 5) is 10.1. The van der Waals surface area contributed by atoms with Gasteiger partial charge in [-0.05, 0) is 18.9 Å². The Morgan fingerprint density at radius 2 is 1.95 bits per heavy atom. The third kappa shape index (κ3) is 7.48. The third-order valence-corrected chi connectivity index (χ3v) is 2.92. The third-order valence-electron chi connectivity index (χ3n) is 2.12. The molecule has 0 saturated heterocycles. The van der Waals surface area contributed by atoms with Crippen molar-refractivity contribution >= 4 is 15.8 Å². The van der Waals surface area contributed by atoms with Crippen LogP contribution in [0, 0.1) is 10.1 Å². The molecular formula is C10H14NNaO6S. The zero-order chi connectivity index (χ0) is 13.6. The van der Waals surface area contributed by atoms with E-state index in [9.17, 15) is 18.5 Å². The summed E-state index contributed by atoms with van der Waals surface area (Å²) in [6.45, 7) is 0.153. The van der Waals surface area contributed by atoms with E-state index >= 15 is 0 Å². The van der Waals surface area contributed by atoms with E-state index in [1.807, 2.05) is 0 Å². The summed E-state index contributed by atoms with van der Waals surface area (Å²) in [5.74, 6) is -0.192. The second-order valence-electron chi connectivity index (χ2n) is 3.57. The van der Waals surface area contributed by atoms with Gasteiger partial charge in [-0.1, -0.05) is 12.1 Å². The van der Waals surface area contributed by atoms with Crippen molar-refractivity contribution in [3.05, 3.63) is 34.4 Å². The molecule has 9 heteroatoms. The normalized spacial score (nSPS) is 10.6. The van der Waals surface area contributed by atoms with Crippen LogP contribution in [0.15, 0.2) is 24.3 Å². The Morgan fingerprint density at radius 3 is 2.53 bits per heavy atom. The predicted octanol–water partition coefficient (Wildman–Crippen LogP) is -1.24. The van der Waals surface area contributed by atoms with Gasteiger partial charge in [0, 0.05) is 6.07 Å². The molecule has 0 radical (unpaired) electrons. The Kier molecular flexibility index (Phi) is 8.19. The van der Waals surface area contributed by atoms with Crippen molar-refractivity contribution in [2.75, 3.05) is 12.4 Å². The van der Waals surface area contributed by atoms with Crippen LogP contribution in [0.5, 0.6) is 5.75 Å². The summed E-state index contributed by atoms with van der Waals surface area (Å²) in [5, 5.41) is 10.7. The summed E-state index contributed by atoms with van der Waals surface area (Å²) in [6.07, 6.45) is 0.616. The molecule has 0 saturated carbocycles. The van der Waals surface area contributed by atoms with Gasteiger partial charge >= 0.3 is 35.2 Å². The Labute approximate surface area is 134 Å². The summed E-state index contributed by atoms with van der Waals surface area (Å²) >= 11 is 0. The molecule has 0 amide bonds. The fraction of sp³-hybridized carbons (Fsp3) is 0.400. The van der Waals surface area contributed by atoms with Crippen molar-refractivity contribution in [2.24, 2.45) is 0 Å². The standard InChI is InChI=1S/C10H13NO6S.Na.H/c12-11(13)9-5-1-2-6-10(9)17-7-3-4-8-18(14,15)16;;/h1-2,5-6H,3-4,7-8H2,(H,14,15,16);;/q;+1;-1. The number of nitrogens with zero attached hydrogens (tertiary/aromatic N) is 1. The molecule has 0 aliphatic rings. The van der Waals surface area contributed by atoms with Crippen LogP contribution >= 0.6 is 0 Å². The van der Waals surface area contributed by atoms with Gasteiger partial charge in [0.1, 0.15) is 0 Å². The van der Waals surface area contributed by atoms with Crippen LogP contribution in [0.2, 0.25) is 0 Å². The minimum atomic E-state index is -3.95. The zero-order valence-electron chi connectivity index (χ0n) is 11.5. The molecule has 0 spiro atoms. The van der Waals surface area contributed by atoms with Crippen molar-refractivity contribution in [3.63, 3.8) is 0 Å². The molecular weight excluding hydrogens is 285 g/mol. The van der Waals surface area contributed by atoms with Gasteiger partial charge in [-0.3, -0.25) is 14.7 Å². The average Bonchev–Trinajstić information content (AvgIpc) is 2.27. The van der Waals surface area contributed by atoms with Crippen molar-refractivity contribution < 1.29 is 53.6 Å². The summed E-state index contributed by atoms with van der Waals surface area (Å²) in [5.41, 5.74) is -0.132. The number of nitro benzene ring substituents is 1. The molecule has 0 aliphatic carbocycles. The van der Waals surface area contributed by atoms with Crippen LogP contribution in [0.3, 0.4) is 0 Å². The van der Waals surface area contributed by atoms with Crippen LogP contribution in [0.1, 0.15) is 14.3 Å². The molecule has 1 aromatic rings. The molecule has 0 aliphatic heterocycles. The topological polar surface area (TPSA) is 107 Å². The second-order valence-corrected chi connectivity index (χ2v) is 5.14. The summed E-state index contributed by atoms with van der Waals surface area (Å²) < 4.78 is 34.6. The number of hydrogen-bond acceptors (Lipinski definition) is 5. The van der Waals surface area contributed by atoms with Crippen molar-refractivity contribution in [1.29, 1.82) is 0 Å². The van der Waals surface area contributed by atoms with Crippen molar-refractivity contribution in [1.82, 2.24) is 0 Å². The van der Waals surface area contributed by atoms with Crippen LogP contribution in [-0.4, -0.2) is 30.3 Å². The van der Waals surface area contributed by atoms with Gasteiger partial charge in [0.05, 0.1) is 17.3 Å². The van der Waals surface area contributed by atoms with Gasteiger partial charge in [-0.25, -0.2) is 0 Å². The van der Waals surface area contributed by atoms with Gasteiger partial charge in [-0.2, -0.15) is 8.42 Å². The molecule has 19 heavy (non-hydrogen) atoms. The molecule has 0 bridgehead atoms. The SMILES string of the molecule is O=[N+]([O-])c1ccccc1OCCCCS(=O)(=O)O.[H-].[Na+]. The molecule has 1 rings (SSSR count). The maximum Gasteiger partial charge on any atom is 1.00 e. The first-order chi connectivity index (χ1) is 8.40. The van der Waals surface area contributed by atoms with E-state index in [0.717, 1.165) is 0 Å². The Morgan fingerprint density at radius 1 is 1.32 bits per heavy atom. The fourth-order valence-electron chi connectivity index (χ4n) is 1.30. The molecule has 1 N–H and O–H groups in total. The maximum atomic E-state index is 10.7. The van der Waals surface area contributed by atoms with E-state index in [0.29, 0.717) is 6.42 Å². The minimum Gasteiger partial charge on any atom is -1.00 e. The van der Waals surface area contributed by atoms with E-state index < -0.39 is 15.0 Å². The van der Waals surface area contributed by atoms with Crippen molar-refractivity contribution in [3.8, 4) is 5.75 Å². The van der Waals surface area contributed by atoms with Crippen molar-refractivity contribution in [2.45, 2.75) is 12.8 Å². The number of nitro groups is 1. The number of ether oxygens (including phenoxy) is 1. The molecule has 7 nitrogen and oxygen atoms in total. The van der Waals surface area contributed by atoms with Gasteiger partial charge in [0.2, 0.25) is 0 Å². The fourth-order valence-corrected chi connectivity index (χ4v) is 1.87. The molecule has 0 atom stereocenters. The molecule has 0 aromatic heterocycles. The van der Waals surface area contributed by atoms with Crippen LogP contribution in [0.4, 0.5) is 5.69 Å². The van der Waals surface area contributed by atoms with Gasteiger partial charge in [0.15, 0.2) is 5.75 Å². The summed E-state index contributed by atoms with van der Waals surface area (Å²) in [6, 6.07) is 5.94. The number of rotatable bonds is 7. The van der Waals surface area contributed by atoms with E-state index in [1.54, 1.807) is 6.07 Å². The average molecular weight is 299 g/mol. The number of benzene rings is 1. The van der Waals surface area contributed by atoms with Gasteiger partial charge in [-0.15, -0.1) is 0 Å². The second kappa shape index (κ2) is 8.49. The summed E-state index contributed by atoms with van der Waals surface area (Å²) in [7, 11) is -3.95. The Balaban J connectivity index is 0. The number of unbranched alkanes of at least 4 members (excludes halogenated alkanes) is 1. The molecule has 0 unspecified atom stereocenters. The number of para-hydroxylation sites is 2. The Bertz CT molecular complexity index is 524. The van der Waals surface area contributed by atoms with Crippen LogP contribution in [-0.2, 0) is 10.1 Å². The smallest absolute Gasteiger partial charge is 1.00 e. The first-order valence-corrected chi connectivity index (χ1v) is 6.82. The quantitative estimate of drug-likeness (QED) is 0.222. The largest absolute Gasteiger partial charge is 1.00 e. The molecule has 1 aromatic carbocycles. The first-order valence-electron chi connectivity index (χ1n) is 5.21. The van der Waals surface area contributed by atoms with Crippen LogP contribution < -0.4 is 34.3 Å². The zero-order valence-corrected chi connectivity index (χ0v) is 13.3. The van der Waals surface area contributed by atoms with Crippen LogP contribution in [0.25, 0.3) is 0 Å². The monoisotopic (exact) mass is 299 g/mol. The van der Waals surface area contributed by atoms with E-state index in [2.05, 4.69) is 0 Å². The van der Waals surface area contributed by atoms with Gasteiger partial charge in [0.25, 0.3) is 10.1 Å². The number of hydrogen-bond donors (Lipinski definition) is 1. The maximum absolute atomic E-state index is 10.7. The molecule has 0 heterocycles. The Hall–Kier alpha value is -0.670. The van der Waals surface area contributed by atoms with Gasteiger partial charge < -0.3 is 6.16 Å². The molecule has 0 fully saturated rings.